The molecule has 0 bridgehead atoms. The zero-order chi connectivity index (χ0) is 83.1. The Hall–Kier alpha value is -10.0. The summed E-state index contributed by atoms with van der Waals surface area (Å²) in [5.74, 6) is -3.98. The van der Waals surface area contributed by atoms with Crippen LogP contribution in [0.2, 0.25) is 0 Å². The number of rotatable bonds is 14. The van der Waals surface area contributed by atoms with E-state index >= 15 is 0 Å². The summed E-state index contributed by atoms with van der Waals surface area (Å²) in [5, 5.41) is 74.6. The van der Waals surface area contributed by atoms with Gasteiger partial charge in [-0.1, -0.05) is 127 Å². The normalized spacial score (nSPS) is 30.1. The molecular weight excluding hydrogens is 1560 g/mol. The molecule has 6 aromatic carbocycles. The maximum atomic E-state index is 14.1. The number of hydrogen-bond donors (Lipinski definition) is 6. The molecule has 118 heavy (non-hydrogen) atoms. The Morgan fingerprint density at radius 2 is 0.678 bits per heavy atom. The van der Waals surface area contributed by atoms with Gasteiger partial charge in [-0.2, -0.15) is 39.5 Å². The molecule has 3 aliphatic carbocycles. The molecule has 31 heteroatoms. The van der Waals surface area contributed by atoms with Crippen LogP contribution in [0.5, 0.6) is 34.5 Å². The number of aliphatic hydroxyl groups excluding tert-OH is 3. The van der Waals surface area contributed by atoms with Crippen molar-refractivity contribution in [2.45, 2.75) is 88.2 Å². The van der Waals surface area contributed by atoms with Crippen molar-refractivity contribution in [1.82, 2.24) is 29.7 Å². The van der Waals surface area contributed by atoms with Gasteiger partial charge in [0.25, 0.3) is 0 Å². The van der Waals surface area contributed by atoms with Crippen LogP contribution in [0.4, 0.5) is 39.5 Å². The molecule has 6 fully saturated rings. The average molecular weight is 1640 g/mol. The van der Waals surface area contributed by atoms with Crippen molar-refractivity contribution in [1.29, 1.82) is 0 Å². The van der Waals surface area contributed by atoms with Gasteiger partial charge in [0.15, 0.2) is 33.6 Å². The molecule has 9 aliphatic rings. The molecule has 22 nitrogen and oxygen atoms in total. The lowest BCUT2D eigenvalue weighted by atomic mass is 9.70. The summed E-state index contributed by atoms with van der Waals surface area (Å²) in [5.41, 5.74) is -10.8. The lowest BCUT2D eigenvalue weighted by Gasteiger charge is -2.41. The van der Waals surface area contributed by atoms with Crippen LogP contribution in [0.25, 0.3) is 0 Å². The van der Waals surface area contributed by atoms with E-state index in [1.54, 1.807) is 35.2 Å². The van der Waals surface area contributed by atoms with Crippen LogP contribution >= 0.6 is 0 Å². The smallest absolute Gasteiger partial charge is 0.416 e. The van der Waals surface area contributed by atoms with E-state index in [2.05, 4.69) is 24.8 Å². The number of carbonyl (C=O) groups excluding carboxylic acids is 1. The number of halogens is 9. The highest BCUT2D eigenvalue weighted by Gasteiger charge is 2.81. The summed E-state index contributed by atoms with van der Waals surface area (Å²) in [6.45, 7) is 6.86. The number of benzene rings is 6. The van der Waals surface area contributed by atoms with Crippen LogP contribution in [0, 0.1) is 17.8 Å². The number of alkyl halides is 9. The second-order valence-electron chi connectivity index (χ2n) is 30.8. The molecule has 6 N–H and O–H groups in total. The first-order chi connectivity index (χ1) is 56.6. The standard InChI is InChI=1S/C29H27F3N2O6.2C29H29F3N2O5/c1-38-20-15-33-16-21-24(20)27(37)25(35)22(26(36)34-11-13-39-14-12-34)23(17-5-3-2-4-6-17)28(27,40-21)18-7-9-19(10-8-18)29(30,31)32;2*1-37-22-15-33-16-23-25(22)27(36)26(35)21(17-34-11-13-38-14-12-34)24(18-5-3-2-4-6-18)28(27,39-23)19-7-9-20(10-8-19)29(30,31)32/h2-10,15-16,22-23,25,35,37H,11-14H2,1H3;2*2-10,15-16,21,24,26,35-36H,11-14,17H2,1H3/t22-,23-,25-,27+,28+;2*21-,24-,26-,27+,28+/m111/s1. The molecule has 0 spiro atoms. The SMILES string of the molecule is COc1cncc2c1[C@]1(O)[C@H](O)[C@H](C(=O)N3CCOCC3)[C@@H](c3ccccc3)[C@]1(c1ccc(C(F)(F)F)cc1)O2.COc1cncc2c1[C@]1(O)[C@H](O)[C@H](CN3CCOCC3)[C@@H](c3ccccc3)[C@]1(c1ccc(C(F)(F)F)cc1)O2.COc1cncc2c1[C@]1(O)[C@H](O)[C@H](CN3CCOCC3)[C@@H](c3ccccc3)[C@]1(c1ccc(C(F)(F)F)cc1)O2. The maximum Gasteiger partial charge on any atom is 0.416 e. The molecule has 0 radical (unpaired) electrons. The third-order valence-electron chi connectivity index (χ3n) is 25.1. The number of amides is 1. The van der Waals surface area contributed by atoms with E-state index < -0.39 is 129 Å². The minimum atomic E-state index is -4.60. The van der Waals surface area contributed by atoms with Crippen LogP contribution < -0.4 is 28.4 Å². The Kier molecular flexibility index (Phi) is 21.7. The monoisotopic (exact) mass is 1640 g/mol. The number of hydrogen-bond acceptors (Lipinski definition) is 21. The van der Waals surface area contributed by atoms with Gasteiger partial charge >= 0.3 is 18.5 Å². The van der Waals surface area contributed by atoms with Crippen LogP contribution in [0.3, 0.4) is 0 Å². The highest BCUT2D eigenvalue weighted by atomic mass is 19.4. The van der Waals surface area contributed by atoms with Gasteiger partial charge in [0.1, 0.15) is 40.6 Å². The Morgan fingerprint density at radius 1 is 0.398 bits per heavy atom. The van der Waals surface area contributed by atoms with Gasteiger partial charge in [-0.15, -0.1) is 0 Å². The van der Waals surface area contributed by atoms with E-state index in [0.29, 0.717) is 109 Å². The van der Waals surface area contributed by atoms with Gasteiger partial charge in [0, 0.05) is 81.9 Å². The maximum absolute atomic E-state index is 14.1. The third-order valence-corrected chi connectivity index (χ3v) is 25.1. The van der Waals surface area contributed by atoms with Gasteiger partial charge in [0.2, 0.25) is 5.91 Å². The Bertz CT molecular complexity index is 4870. The summed E-state index contributed by atoms with van der Waals surface area (Å²) < 4.78 is 175. The summed E-state index contributed by atoms with van der Waals surface area (Å²) >= 11 is 0. The van der Waals surface area contributed by atoms with Crippen LogP contribution in [-0.4, -0.2) is 198 Å². The number of carbonyl (C=O) groups is 1. The third kappa shape index (κ3) is 13.0. The van der Waals surface area contributed by atoms with Crippen molar-refractivity contribution >= 4 is 5.91 Å². The molecule has 9 aromatic rings. The largest absolute Gasteiger partial charge is 0.495 e. The van der Waals surface area contributed by atoms with Crippen LogP contribution in [0.15, 0.2) is 201 Å². The van der Waals surface area contributed by atoms with Crippen molar-refractivity contribution < 1.29 is 118 Å². The number of nitrogens with zero attached hydrogens (tertiary/aromatic N) is 6. The van der Waals surface area contributed by atoms with E-state index in [9.17, 15) is 74.9 Å². The van der Waals surface area contributed by atoms with Crippen molar-refractivity contribution in [3.8, 4) is 34.5 Å². The lowest BCUT2D eigenvalue weighted by molar-refractivity contribution is -0.158. The number of aromatic nitrogens is 3. The van der Waals surface area contributed by atoms with Gasteiger partial charge in [-0.25, -0.2) is 0 Å². The molecule has 18 rings (SSSR count). The Labute approximate surface area is 671 Å². The molecule has 622 valence electrons. The summed E-state index contributed by atoms with van der Waals surface area (Å²) in [6, 6.07) is 41.0. The molecule has 3 aromatic heterocycles. The zero-order valence-corrected chi connectivity index (χ0v) is 64.0. The van der Waals surface area contributed by atoms with E-state index in [1.165, 1.54) is 94.9 Å². The fourth-order valence-corrected chi connectivity index (χ4v) is 20.0. The number of ether oxygens (including phenoxy) is 9. The topological polar surface area (TPSA) is 270 Å². The fraction of sp³-hybridized carbons (Fsp3) is 0.402. The van der Waals surface area contributed by atoms with Crippen LogP contribution in [0.1, 0.15) is 84.5 Å². The molecule has 15 atom stereocenters. The van der Waals surface area contributed by atoms with Gasteiger partial charge in [-0.3, -0.25) is 29.5 Å². The number of aliphatic hydroxyl groups is 6. The quantitative estimate of drug-likeness (QED) is 0.0552. The minimum Gasteiger partial charge on any atom is -0.495 e. The van der Waals surface area contributed by atoms with E-state index in [0.717, 1.165) is 47.5 Å². The van der Waals surface area contributed by atoms with E-state index in [4.69, 9.17) is 42.6 Å². The van der Waals surface area contributed by atoms with Gasteiger partial charge in [0.05, 0.1) is 150 Å². The Morgan fingerprint density at radius 3 is 0.975 bits per heavy atom. The first-order valence-corrected chi connectivity index (χ1v) is 38.6. The Balaban J connectivity index is 0.000000132. The first kappa shape index (κ1) is 81.7. The summed E-state index contributed by atoms with van der Waals surface area (Å²) in [7, 11) is 4.23. The molecule has 6 aliphatic heterocycles. The molecule has 0 unspecified atom stereocenters. The van der Waals surface area contributed by atoms with E-state index in [-0.39, 0.29) is 56.8 Å². The second kappa shape index (κ2) is 31.3. The fourth-order valence-electron chi connectivity index (χ4n) is 20.0. The van der Waals surface area contributed by atoms with Gasteiger partial charge in [-0.05, 0) is 69.8 Å². The number of pyridine rings is 3. The van der Waals surface area contributed by atoms with Crippen LogP contribution in [-0.2, 0) is 71.1 Å². The van der Waals surface area contributed by atoms with Crippen molar-refractivity contribution in [2.24, 2.45) is 17.8 Å². The van der Waals surface area contributed by atoms with E-state index in [1.807, 2.05) is 60.7 Å². The highest BCUT2D eigenvalue weighted by Crippen LogP contribution is 2.73. The minimum absolute atomic E-state index is 0.0793. The lowest BCUT2D eigenvalue weighted by Crippen LogP contribution is -2.52. The molecular formula is C87H85F9N6O16. The zero-order valence-electron chi connectivity index (χ0n) is 64.0. The molecule has 3 saturated heterocycles. The molecule has 1 amide bonds. The first-order valence-electron chi connectivity index (χ1n) is 38.6. The van der Waals surface area contributed by atoms with Gasteiger partial charge < -0.3 is 78.2 Å². The van der Waals surface area contributed by atoms with Crippen molar-refractivity contribution in [3.63, 3.8) is 0 Å². The predicted molar refractivity (Wildman–Crippen MR) is 403 cm³/mol. The highest BCUT2D eigenvalue weighted by molar-refractivity contribution is 5.83. The molecule has 3 saturated carbocycles. The number of fused-ring (bicyclic) bond motifs is 9. The summed E-state index contributed by atoms with van der Waals surface area (Å²) in [6.07, 6.45) is -9.66. The predicted octanol–water partition coefficient (Wildman–Crippen LogP) is 10.6. The molecule has 9 heterocycles. The average Bonchev–Trinajstić information content (AvgIpc) is 1.51. The van der Waals surface area contributed by atoms with Crippen molar-refractivity contribution in [3.05, 3.63) is 268 Å². The number of methoxy groups -OCH3 is 3. The van der Waals surface area contributed by atoms with Crippen molar-refractivity contribution in [2.75, 3.05) is 113 Å². The number of morpholine rings is 3. The summed E-state index contributed by atoms with van der Waals surface area (Å²) in [4.78, 5) is 32.5. The second-order valence-corrected chi connectivity index (χ2v) is 30.8.